The number of nitrogens with zero attached hydrogens (tertiary/aromatic N) is 3. The highest BCUT2D eigenvalue weighted by Crippen LogP contribution is 2.32. The van der Waals surface area contributed by atoms with Gasteiger partial charge in [-0.1, -0.05) is 24.3 Å². The SMILES string of the molecule is COc1ccc(-c2nnc(C(C)N3CC=C(c4c[nH]c5ccccc45)CC3)o2)cc1. The van der Waals surface area contributed by atoms with Crippen molar-refractivity contribution in [2.24, 2.45) is 0 Å². The van der Waals surface area contributed by atoms with E-state index in [-0.39, 0.29) is 6.04 Å². The van der Waals surface area contributed by atoms with Gasteiger partial charge in [-0.15, -0.1) is 10.2 Å². The molecule has 0 bridgehead atoms. The lowest BCUT2D eigenvalue weighted by molar-refractivity contribution is 0.202. The van der Waals surface area contributed by atoms with Gasteiger partial charge in [-0.25, -0.2) is 0 Å². The van der Waals surface area contributed by atoms with Crippen molar-refractivity contribution < 1.29 is 9.15 Å². The predicted octanol–water partition coefficient (Wildman–Crippen LogP) is 5.08. The molecule has 30 heavy (non-hydrogen) atoms. The molecule has 3 heterocycles. The van der Waals surface area contributed by atoms with Gasteiger partial charge in [0, 0.05) is 41.3 Å². The number of H-pyrrole nitrogens is 1. The van der Waals surface area contributed by atoms with Crippen molar-refractivity contribution >= 4 is 16.5 Å². The molecule has 5 rings (SSSR count). The predicted molar refractivity (Wildman–Crippen MR) is 117 cm³/mol. The lowest BCUT2D eigenvalue weighted by Gasteiger charge is -2.29. The Labute approximate surface area is 175 Å². The Morgan fingerprint density at radius 2 is 1.93 bits per heavy atom. The summed E-state index contributed by atoms with van der Waals surface area (Å²) in [5, 5.41) is 9.83. The van der Waals surface area contributed by atoms with Gasteiger partial charge in [0.05, 0.1) is 13.2 Å². The number of hydrogen-bond acceptors (Lipinski definition) is 5. The Hall–Kier alpha value is -3.38. The third-order valence-corrected chi connectivity index (χ3v) is 5.86. The molecule has 1 N–H and O–H groups in total. The first-order valence-electron chi connectivity index (χ1n) is 10.2. The molecule has 1 atom stereocenters. The molecule has 152 valence electrons. The van der Waals surface area contributed by atoms with Crippen LogP contribution in [0, 0.1) is 0 Å². The van der Waals surface area contributed by atoms with Gasteiger partial charge in [-0.05, 0) is 49.2 Å². The van der Waals surface area contributed by atoms with E-state index in [1.54, 1.807) is 7.11 Å². The fourth-order valence-electron chi connectivity index (χ4n) is 4.03. The molecule has 1 unspecified atom stereocenters. The summed E-state index contributed by atoms with van der Waals surface area (Å²) in [7, 11) is 1.65. The van der Waals surface area contributed by atoms with Gasteiger partial charge in [0.25, 0.3) is 0 Å². The van der Waals surface area contributed by atoms with Crippen molar-refractivity contribution in [2.45, 2.75) is 19.4 Å². The fourth-order valence-corrected chi connectivity index (χ4v) is 4.03. The number of aromatic amines is 1. The van der Waals surface area contributed by atoms with Crippen molar-refractivity contribution in [3.05, 3.63) is 72.3 Å². The minimum absolute atomic E-state index is 0.0604. The first kappa shape index (κ1) is 18.6. The first-order chi connectivity index (χ1) is 14.7. The molecule has 0 spiro atoms. The van der Waals surface area contributed by atoms with Gasteiger partial charge in [0.2, 0.25) is 11.8 Å². The molecule has 2 aromatic carbocycles. The molecule has 4 aromatic rings. The normalized spacial score (nSPS) is 15.9. The molecule has 0 radical (unpaired) electrons. The summed E-state index contributed by atoms with van der Waals surface area (Å²) in [6.07, 6.45) is 5.43. The highest BCUT2D eigenvalue weighted by Gasteiger charge is 2.24. The molecular formula is C24H24N4O2. The average molecular weight is 400 g/mol. The van der Waals surface area contributed by atoms with E-state index in [1.165, 1.54) is 22.0 Å². The number of methoxy groups -OCH3 is 1. The van der Waals surface area contributed by atoms with Crippen LogP contribution in [-0.2, 0) is 0 Å². The molecule has 1 aliphatic heterocycles. The summed E-state index contributed by atoms with van der Waals surface area (Å²) in [5.41, 5.74) is 4.76. The quantitative estimate of drug-likeness (QED) is 0.506. The zero-order valence-electron chi connectivity index (χ0n) is 17.1. The van der Waals surface area contributed by atoms with E-state index >= 15 is 0 Å². The van der Waals surface area contributed by atoms with Gasteiger partial charge in [0.15, 0.2) is 0 Å². The third-order valence-electron chi connectivity index (χ3n) is 5.86. The molecular weight excluding hydrogens is 376 g/mol. The van der Waals surface area contributed by atoms with E-state index < -0.39 is 0 Å². The number of benzene rings is 2. The van der Waals surface area contributed by atoms with Crippen molar-refractivity contribution in [2.75, 3.05) is 20.2 Å². The van der Waals surface area contributed by atoms with Crippen LogP contribution in [-0.4, -0.2) is 40.3 Å². The second-order valence-electron chi connectivity index (χ2n) is 7.57. The van der Waals surface area contributed by atoms with Crippen molar-refractivity contribution in [3.8, 4) is 17.2 Å². The molecule has 0 aliphatic carbocycles. The molecule has 0 fully saturated rings. The summed E-state index contributed by atoms with van der Waals surface area (Å²) in [6, 6.07) is 16.2. The largest absolute Gasteiger partial charge is 0.497 e. The number of rotatable bonds is 5. The van der Waals surface area contributed by atoms with Gasteiger partial charge in [-0.2, -0.15) is 0 Å². The van der Waals surface area contributed by atoms with E-state index in [9.17, 15) is 0 Å². The monoisotopic (exact) mass is 400 g/mol. The van der Waals surface area contributed by atoms with Gasteiger partial charge in [-0.3, -0.25) is 4.90 Å². The highest BCUT2D eigenvalue weighted by atomic mass is 16.5. The Balaban J connectivity index is 1.31. The number of para-hydroxylation sites is 1. The van der Waals surface area contributed by atoms with Crippen LogP contribution in [0.4, 0.5) is 0 Å². The topological polar surface area (TPSA) is 67.2 Å². The van der Waals surface area contributed by atoms with Crippen LogP contribution in [0.2, 0.25) is 0 Å². The van der Waals surface area contributed by atoms with E-state index in [2.05, 4.69) is 63.5 Å². The van der Waals surface area contributed by atoms with E-state index in [0.717, 1.165) is 30.8 Å². The summed E-state index contributed by atoms with van der Waals surface area (Å²) in [6.45, 7) is 3.93. The number of fused-ring (bicyclic) bond motifs is 1. The molecule has 1 aliphatic rings. The van der Waals surface area contributed by atoms with Gasteiger partial charge < -0.3 is 14.1 Å². The summed E-state index contributed by atoms with van der Waals surface area (Å²) < 4.78 is 11.2. The van der Waals surface area contributed by atoms with Crippen molar-refractivity contribution in [3.63, 3.8) is 0 Å². The lowest BCUT2D eigenvalue weighted by atomic mass is 9.98. The Bertz CT molecular complexity index is 1190. The average Bonchev–Trinajstić information content (AvgIpc) is 3.47. The van der Waals surface area contributed by atoms with Gasteiger partial charge >= 0.3 is 0 Å². The maximum atomic E-state index is 5.98. The summed E-state index contributed by atoms with van der Waals surface area (Å²) >= 11 is 0. The summed E-state index contributed by atoms with van der Waals surface area (Å²) in [5.74, 6) is 1.98. The Morgan fingerprint density at radius 3 is 2.70 bits per heavy atom. The third kappa shape index (κ3) is 3.39. The standard InChI is InChI=1S/C24H24N4O2/c1-16(23-26-27-24(30-23)18-7-9-19(29-2)10-8-18)28-13-11-17(12-14-28)21-15-25-22-6-4-3-5-20(21)22/h3-11,15-16,25H,12-14H2,1-2H3. The highest BCUT2D eigenvalue weighted by molar-refractivity contribution is 5.92. The Morgan fingerprint density at radius 1 is 1.10 bits per heavy atom. The van der Waals surface area contributed by atoms with Crippen LogP contribution < -0.4 is 4.74 Å². The lowest BCUT2D eigenvalue weighted by Crippen LogP contribution is -2.31. The van der Waals surface area contributed by atoms with E-state index in [1.807, 2.05) is 24.3 Å². The van der Waals surface area contributed by atoms with Gasteiger partial charge in [0.1, 0.15) is 5.75 Å². The van der Waals surface area contributed by atoms with Crippen molar-refractivity contribution in [1.29, 1.82) is 0 Å². The van der Waals surface area contributed by atoms with Crippen molar-refractivity contribution in [1.82, 2.24) is 20.1 Å². The smallest absolute Gasteiger partial charge is 0.247 e. The second-order valence-corrected chi connectivity index (χ2v) is 7.57. The number of hydrogen-bond donors (Lipinski definition) is 1. The Kier molecular flexibility index (Phi) is 4.85. The molecule has 0 amide bonds. The number of nitrogens with one attached hydrogen (secondary N) is 1. The van der Waals surface area contributed by atoms with Crippen LogP contribution in [0.15, 0.2) is 65.2 Å². The van der Waals surface area contributed by atoms with Crippen LogP contribution in [0.5, 0.6) is 5.75 Å². The van der Waals surface area contributed by atoms with Crippen LogP contribution in [0.25, 0.3) is 27.9 Å². The molecule has 2 aromatic heterocycles. The first-order valence-corrected chi connectivity index (χ1v) is 10.2. The van der Waals surface area contributed by atoms with Crippen LogP contribution in [0.3, 0.4) is 0 Å². The maximum absolute atomic E-state index is 5.98. The number of aromatic nitrogens is 3. The molecule has 6 heteroatoms. The molecule has 0 saturated carbocycles. The zero-order chi connectivity index (χ0) is 20.5. The fraction of sp³-hybridized carbons (Fsp3) is 0.250. The minimum Gasteiger partial charge on any atom is -0.497 e. The molecule has 6 nitrogen and oxygen atoms in total. The minimum atomic E-state index is 0.0604. The molecule has 0 saturated heterocycles. The van der Waals surface area contributed by atoms with E-state index in [0.29, 0.717) is 11.8 Å². The van der Waals surface area contributed by atoms with E-state index in [4.69, 9.17) is 9.15 Å². The zero-order valence-corrected chi connectivity index (χ0v) is 17.1. The number of ether oxygens (including phenoxy) is 1. The van der Waals surface area contributed by atoms with Crippen LogP contribution >= 0.6 is 0 Å². The second kappa shape index (κ2) is 7.80. The van der Waals surface area contributed by atoms with Crippen LogP contribution in [0.1, 0.15) is 30.8 Å². The maximum Gasteiger partial charge on any atom is 0.247 e. The summed E-state index contributed by atoms with van der Waals surface area (Å²) in [4.78, 5) is 5.74.